The van der Waals surface area contributed by atoms with Crippen molar-refractivity contribution in [3.8, 4) is 5.75 Å². The van der Waals surface area contributed by atoms with Crippen molar-refractivity contribution in [3.63, 3.8) is 0 Å². The van der Waals surface area contributed by atoms with Crippen LogP contribution in [0.3, 0.4) is 0 Å². The van der Waals surface area contributed by atoms with Gasteiger partial charge in [0.2, 0.25) is 0 Å². The van der Waals surface area contributed by atoms with Gasteiger partial charge in [-0.25, -0.2) is 0 Å². The Bertz CT molecular complexity index is 382. The summed E-state index contributed by atoms with van der Waals surface area (Å²) < 4.78 is 7.24. The Morgan fingerprint density at radius 2 is 2.06 bits per heavy atom. The lowest BCUT2D eigenvalue weighted by molar-refractivity contribution is -0.0446. The van der Waals surface area contributed by atoms with E-state index < -0.39 is 5.60 Å². The summed E-state index contributed by atoms with van der Waals surface area (Å²) in [5.41, 5.74) is 0.0560. The topological polar surface area (TPSA) is 47.3 Å². The number of rotatable bonds is 3. The Balaban J connectivity index is 2.42. The molecule has 0 saturated heterocycles. The molecule has 0 aliphatic heterocycles. The third-order valence-corrected chi connectivity index (χ3v) is 3.94. The van der Waals surface area contributed by atoms with E-state index >= 15 is 0 Å². The highest BCUT2D eigenvalue weighted by Crippen LogP contribution is 2.45. The number of hydrogen-bond acceptors (Lipinski definition) is 3. The average molecular weight is 252 g/mol. The molecule has 102 valence electrons. The molecule has 1 heterocycles. The molecule has 4 nitrogen and oxygen atoms in total. The quantitative estimate of drug-likeness (QED) is 0.899. The lowest BCUT2D eigenvalue weighted by Crippen LogP contribution is -2.37. The minimum absolute atomic E-state index is 0.531. The first-order valence-electron chi connectivity index (χ1n) is 6.82. The van der Waals surface area contributed by atoms with Gasteiger partial charge in [0.1, 0.15) is 11.3 Å². The first-order chi connectivity index (χ1) is 8.50. The normalized spacial score (nSPS) is 32.5. The van der Waals surface area contributed by atoms with Crippen LogP contribution < -0.4 is 4.74 Å². The number of hydrogen-bond donors (Lipinski definition) is 1. The third-order valence-electron chi connectivity index (χ3n) is 3.94. The van der Waals surface area contributed by atoms with Crippen LogP contribution in [0, 0.1) is 11.8 Å². The Morgan fingerprint density at radius 1 is 1.44 bits per heavy atom. The molecule has 1 fully saturated rings. The van der Waals surface area contributed by atoms with E-state index in [-0.39, 0.29) is 0 Å². The third kappa shape index (κ3) is 2.26. The van der Waals surface area contributed by atoms with Gasteiger partial charge >= 0.3 is 0 Å². The number of methoxy groups -OCH3 is 1. The van der Waals surface area contributed by atoms with Crippen molar-refractivity contribution in [1.29, 1.82) is 0 Å². The van der Waals surface area contributed by atoms with Crippen LogP contribution >= 0.6 is 0 Å². The van der Waals surface area contributed by atoms with Gasteiger partial charge in [0.25, 0.3) is 0 Å². The molecule has 2 unspecified atom stereocenters. The molecule has 0 aromatic carbocycles. The molecule has 0 bridgehead atoms. The van der Waals surface area contributed by atoms with E-state index in [9.17, 15) is 5.11 Å². The predicted molar refractivity (Wildman–Crippen MR) is 70.5 cm³/mol. The summed E-state index contributed by atoms with van der Waals surface area (Å²) in [7, 11) is 1.64. The predicted octanol–water partition coefficient (Wildman–Crippen LogP) is 2.56. The van der Waals surface area contributed by atoms with Gasteiger partial charge in [-0.2, -0.15) is 5.10 Å². The molecule has 0 radical (unpaired) electrons. The summed E-state index contributed by atoms with van der Waals surface area (Å²) in [5.74, 6) is 1.77. The zero-order valence-corrected chi connectivity index (χ0v) is 11.8. The van der Waals surface area contributed by atoms with Gasteiger partial charge in [0.05, 0.1) is 13.3 Å². The average Bonchev–Trinajstić information content (AvgIpc) is 2.70. The van der Waals surface area contributed by atoms with Crippen LogP contribution in [0.5, 0.6) is 5.75 Å². The maximum atomic E-state index is 11.1. The molecule has 1 aliphatic carbocycles. The fourth-order valence-corrected chi connectivity index (χ4v) is 3.51. The summed E-state index contributed by atoms with van der Waals surface area (Å²) in [4.78, 5) is 0. The van der Waals surface area contributed by atoms with Gasteiger partial charge < -0.3 is 9.84 Å². The Kier molecular flexibility index (Phi) is 3.66. The summed E-state index contributed by atoms with van der Waals surface area (Å²) in [6.07, 6.45) is 4.48. The Labute approximate surface area is 109 Å². The molecule has 1 aromatic heterocycles. The second-order valence-electron chi connectivity index (χ2n) is 5.76. The van der Waals surface area contributed by atoms with E-state index in [1.54, 1.807) is 13.3 Å². The van der Waals surface area contributed by atoms with E-state index in [2.05, 4.69) is 18.9 Å². The van der Waals surface area contributed by atoms with Crippen LogP contribution in [0.4, 0.5) is 0 Å². The van der Waals surface area contributed by atoms with Gasteiger partial charge in [-0.15, -0.1) is 0 Å². The van der Waals surface area contributed by atoms with Crippen molar-refractivity contribution in [2.75, 3.05) is 7.11 Å². The van der Waals surface area contributed by atoms with Crippen molar-refractivity contribution in [3.05, 3.63) is 11.9 Å². The number of aryl methyl sites for hydroxylation is 1. The maximum Gasteiger partial charge on any atom is 0.162 e. The molecule has 2 atom stereocenters. The summed E-state index contributed by atoms with van der Waals surface area (Å²) >= 11 is 0. The van der Waals surface area contributed by atoms with Crippen molar-refractivity contribution < 1.29 is 9.84 Å². The summed E-state index contributed by atoms with van der Waals surface area (Å²) in [5, 5.41) is 15.4. The Morgan fingerprint density at radius 3 is 2.56 bits per heavy atom. The van der Waals surface area contributed by atoms with E-state index in [1.165, 1.54) is 6.42 Å². The number of aromatic nitrogens is 2. The van der Waals surface area contributed by atoms with Gasteiger partial charge in [-0.1, -0.05) is 13.8 Å². The molecular weight excluding hydrogens is 228 g/mol. The molecule has 2 rings (SSSR count). The van der Waals surface area contributed by atoms with Gasteiger partial charge in [-0.3, -0.25) is 4.68 Å². The van der Waals surface area contributed by atoms with Gasteiger partial charge in [0.15, 0.2) is 5.75 Å². The molecule has 0 spiro atoms. The smallest absolute Gasteiger partial charge is 0.162 e. The fraction of sp³-hybridized carbons (Fsp3) is 0.786. The molecule has 4 heteroatoms. The van der Waals surface area contributed by atoms with Crippen molar-refractivity contribution in [1.82, 2.24) is 9.78 Å². The van der Waals surface area contributed by atoms with E-state index in [1.807, 2.05) is 11.6 Å². The van der Waals surface area contributed by atoms with Crippen molar-refractivity contribution in [2.45, 2.75) is 52.2 Å². The molecule has 18 heavy (non-hydrogen) atoms. The highest BCUT2D eigenvalue weighted by atomic mass is 16.5. The first kappa shape index (κ1) is 13.4. The van der Waals surface area contributed by atoms with Crippen molar-refractivity contribution in [2.24, 2.45) is 11.8 Å². The highest BCUT2D eigenvalue weighted by molar-refractivity contribution is 5.31. The standard InChI is InChI=1S/C14H24N2O2/c1-5-16-13(12(18-4)9-15-16)14(17)7-10(2)6-11(3)8-14/h9-11,17H,5-8H2,1-4H3. The zero-order valence-electron chi connectivity index (χ0n) is 11.8. The van der Waals surface area contributed by atoms with Crippen LogP contribution in [0.25, 0.3) is 0 Å². The largest absolute Gasteiger partial charge is 0.493 e. The Hall–Kier alpha value is -1.03. The van der Waals surface area contributed by atoms with Crippen LogP contribution in [0.15, 0.2) is 6.20 Å². The van der Waals surface area contributed by atoms with Crippen LogP contribution in [0.1, 0.15) is 45.7 Å². The molecule has 1 N–H and O–H groups in total. The SMILES string of the molecule is CCn1ncc(OC)c1C1(O)CC(C)CC(C)C1. The van der Waals surface area contributed by atoms with Crippen LogP contribution in [-0.4, -0.2) is 22.0 Å². The van der Waals surface area contributed by atoms with Crippen molar-refractivity contribution >= 4 is 0 Å². The van der Waals surface area contributed by atoms with E-state index in [0.717, 1.165) is 25.1 Å². The second-order valence-corrected chi connectivity index (χ2v) is 5.76. The number of nitrogens with zero attached hydrogens (tertiary/aromatic N) is 2. The number of aliphatic hydroxyl groups is 1. The maximum absolute atomic E-state index is 11.1. The fourth-order valence-electron chi connectivity index (χ4n) is 3.51. The summed E-state index contributed by atoms with van der Waals surface area (Å²) in [6.45, 7) is 7.21. The molecule has 0 amide bonds. The molecular formula is C14H24N2O2. The first-order valence-corrected chi connectivity index (χ1v) is 6.82. The van der Waals surface area contributed by atoms with E-state index in [0.29, 0.717) is 17.6 Å². The lowest BCUT2D eigenvalue weighted by Gasteiger charge is -2.39. The molecule has 1 saturated carbocycles. The zero-order chi connectivity index (χ0) is 13.3. The van der Waals surface area contributed by atoms with Gasteiger partial charge in [0, 0.05) is 6.54 Å². The minimum atomic E-state index is -0.797. The highest BCUT2D eigenvalue weighted by Gasteiger charge is 2.42. The monoisotopic (exact) mass is 252 g/mol. The van der Waals surface area contributed by atoms with Crippen LogP contribution in [-0.2, 0) is 12.1 Å². The number of ether oxygens (including phenoxy) is 1. The lowest BCUT2D eigenvalue weighted by atomic mass is 9.72. The van der Waals surface area contributed by atoms with E-state index in [4.69, 9.17) is 4.74 Å². The second kappa shape index (κ2) is 4.92. The van der Waals surface area contributed by atoms with Gasteiger partial charge in [-0.05, 0) is 38.0 Å². The molecule has 1 aliphatic rings. The molecule has 1 aromatic rings. The van der Waals surface area contributed by atoms with Crippen LogP contribution in [0.2, 0.25) is 0 Å². The summed E-state index contributed by atoms with van der Waals surface area (Å²) in [6, 6.07) is 0. The minimum Gasteiger partial charge on any atom is -0.493 e.